The van der Waals surface area contributed by atoms with Crippen LogP contribution < -0.4 is 35.0 Å². The number of amides is 2. The van der Waals surface area contributed by atoms with Gasteiger partial charge in [-0.2, -0.15) is 5.10 Å². The molecule has 1 heterocycles. The maximum atomic E-state index is 12.4. The molecule has 1 aliphatic heterocycles. The zero-order chi connectivity index (χ0) is 30.6. The van der Waals surface area contributed by atoms with Gasteiger partial charge in [0.25, 0.3) is 0 Å². The average Bonchev–Trinajstić information content (AvgIpc) is 2.95. The van der Waals surface area contributed by atoms with Gasteiger partial charge in [-0.1, -0.05) is 18.7 Å². The molecule has 0 saturated heterocycles. The van der Waals surface area contributed by atoms with Gasteiger partial charge in [-0.05, 0) is 78.8 Å². The fourth-order valence-corrected chi connectivity index (χ4v) is 4.81. The molecule has 0 fully saturated rings. The number of nitrogens with zero attached hydrogens (tertiary/aromatic N) is 1. The summed E-state index contributed by atoms with van der Waals surface area (Å²) >= 11 is 2.16. The van der Waals surface area contributed by atoms with Crippen molar-refractivity contribution in [1.29, 1.82) is 0 Å². The fourth-order valence-electron chi connectivity index (χ4n) is 4.03. The van der Waals surface area contributed by atoms with Gasteiger partial charge in [-0.3, -0.25) is 5.43 Å². The molecular formula is C29H35IN4O8. The standard InChI is InChI=1S/C29H35IN4O8/c1-6-11-41-27-20(30)12-18(13-23(27)40-8-3)15-31-34-24(35)16-42-21-10-9-19(14-22(21)39-7-2)26-25(28(36)38-5)17(4)32-29(37)33-26/h6,9-10,12-15,24,26,34-35H,1,7-8,11,16H2,2-5H3,(H2,32,33,37)/b31-15+/t24-,26+/m1/s1. The largest absolute Gasteiger partial charge is 0.490 e. The quantitative estimate of drug-likeness (QED) is 0.0546. The highest BCUT2D eigenvalue weighted by atomic mass is 127. The Kier molecular flexibility index (Phi) is 12.3. The van der Waals surface area contributed by atoms with Gasteiger partial charge >= 0.3 is 12.0 Å². The number of hydrogen-bond acceptors (Lipinski definition) is 10. The van der Waals surface area contributed by atoms with Crippen molar-refractivity contribution in [2.45, 2.75) is 33.0 Å². The molecule has 0 aromatic heterocycles. The van der Waals surface area contributed by atoms with Crippen LogP contribution in [0.25, 0.3) is 0 Å². The first kappa shape index (κ1) is 32.5. The van der Waals surface area contributed by atoms with E-state index >= 15 is 0 Å². The van der Waals surface area contributed by atoms with Crippen LogP contribution >= 0.6 is 22.6 Å². The van der Waals surface area contributed by atoms with Crippen molar-refractivity contribution in [2.24, 2.45) is 5.10 Å². The molecule has 0 saturated carbocycles. The van der Waals surface area contributed by atoms with E-state index in [2.05, 4.69) is 50.3 Å². The van der Waals surface area contributed by atoms with Crippen LogP contribution in [-0.2, 0) is 9.53 Å². The smallest absolute Gasteiger partial charge is 0.337 e. The number of nitrogens with one attached hydrogen (secondary N) is 3. The van der Waals surface area contributed by atoms with E-state index in [1.807, 2.05) is 19.9 Å². The molecule has 4 N–H and O–H groups in total. The van der Waals surface area contributed by atoms with Gasteiger partial charge in [-0.15, -0.1) is 0 Å². The molecule has 0 aliphatic carbocycles. The first-order valence-corrected chi connectivity index (χ1v) is 14.2. The topological polar surface area (TPSA) is 149 Å². The molecule has 2 aromatic carbocycles. The highest BCUT2D eigenvalue weighted by Crippen LogP contribution is 2.35. The number of benzene rings is 2. The Hall–Kier alpha value is -3.98. The number of allylic oxidation sites excluding steroid dienone is 1. The van der Waals surface area contributed by atoms with Crippen LogP contribution in [0.4, 0.5) is 4.79 Å². The average molecular weight is 695 g/mol. The second kappa shape index (κ2) is 15.9. The zero-order valence-electron chi connectivity index (χ0n) is 23.9. The third-order valence-electron chi connectivity index (χ3n) is 5.79. The summed E-state index contributed by atoms with van der Waals surface area (Å²) in [6.07, 6.45) is 2.07. The number of ether oxygens (including phenoxy) is 5. The number of urea groups is 1. The summed E-state index contributed by atoms with van der Waals surface area (Å²) in [6.45, 7) is 10.0. The summed E-state index contributed by atoms with van der Waals surface area (Å²) in [5, 5.41) is 19.9. The van der Waals surface area contributed by atoms with E-state index in [0.29, 0.717) is 54.1 Å². The molecular weight excluding hydrogens is 659 g/mol. The molecule has 2 aromatic rings. The van der Waals surface area contributed by atoms with Crippen molar-refractivity contribution in [3.05, 3.63) is 69.0 Å². The summed E-state index contributed by atoms with van der Waals surface area (Å²) in [6, 6.07) is 7.47. The third-order valence-corrected chi connectivity index (χ3v) is 6.59. The number of halogens is 1. The maximum Gasteiger partial charge on any atom is 0.337 e. The monoisotopic (exact) mass is 694 g/mol. The third kappa shape index (κ3) is 8.52. The van der Waals surface area contributed by atoms with E-state index in [1.54, 1.807) is 43.5 Å². The summed E-state index contributed by atoms with van der Waals surface area (Å²) < 4.78 is 28.7. The summed E-state index contributed by atoms with van der Waals surface area (Å²) in [7, 11) is 1.27. The number of esters is 1. The lowest BCUT2D eigenvalue weighted by molar-refractivity contribution is -0.136. The Morgan fingerprint density at radius 1 is 1.14 bits per heavy atom. The second-order valence-corrected chi connectivity index (χ2v) is 9.94. The fraction of sp³-hybridized carbons (Fsp3) is 0.345. The number of carbonyl (C=O) groups is 2. The Labute approximate surface area is 258 Å². The zero-order valence-corrected chi connectivity index (χ0v) is 26.0. The number of methoxy groups -OCH3 is 1. The first-order valence-electron chi connectivity index (χ1n) is 13.1. The SMILES string of the molecule is C=CCOc1c(I)cc(/C=N/N[C@H](O)COc2ccc([C@@H]3NC(=O)NC(C)=C3C(=O)OC)cc2OCC)cc1OCC. The van der Waals surface area contributed by atoms with Crippen LogP contribution in [0.1, 0.15) is 37.9 Å². The predicted molar refractivity (Wildman–Crippen MR) is 165 cm³/mol. The second-order valence-electron chi connectivity index (χ2n) is 8.78. The lowest BCUT2D eigenvalue weighted by Gasteiger charge is -2.28. The van der Waals surface area contributed by atoms with Crippen molar-refractivity contribution < 1.29 is 38.4 Å². The van der Waals surface area contributed by atoms with E-state index in [4.69, 9.17) is 23.7 Å². The normalized spacial score (nSPS) is 15.4. The van der Waals surface area contributed by atoms with Gasteiger partial charge < -0.3 is 39.4 Å². The van der Waals surface area contributed by atoms with Crippen molar-refractivity contribution >= 4 is 40.8 Å². The number of hydrogen-bond donors (Lipinski definition) is 4. The minimum Gasteiger partial charge on any atom is -0.490 e. The molecule has 2 amide bonds. The van der Waals surface area contributed by atoms with E-state index in [0.717, 1.165) is 9.13 Å². The maximum absolute atomic E-state index is 12.4. The molecule has 0 unspecified atom stereocenters. The molecule has 42 heavy (non-hydrogen) atoms. The minimum absolute atomic E-state index is 0.149. The molecule has 0 radical (unpaired) electrons. The Balaban J connectivity index is 1.69. The molecule has 12 nitrogen and oxygen atoms in total. The number of aliphatic hydroxyl groups is 1. The van der Waals surface area contributed by atoms with Crippen LogP contribution in [0.3, 0.4) is 0 Å². The lowest BCUT2D eigenvalue weighted by atomic mass is 9.95. The summed E-state index contributed by atoms with van der Waals surface area (Å²) in [4.78, 5) is 24.6. The lowest BCUT2D eigenvalue weighted by Crippen LogP contribution is -2.45. The van der Waals surface area contributed by atoms with Crippen LogP contribution in [0.15, 0.2) is 59.4 Å². The highest BCUT2D eigenvalue weighted by molar-refractivity contribution is 14.1. The van der Waals surface area contributed by atoms with Gasteiger partial charge in [0.15, 0.2) is 29.2 Å². The minimum atomic E-state index is -1.14. The van der Waals surface area contributed by atoms with Crippen molar-refractivity contribution in [3.63, 3.8) is 0 Å². The predicted octanol–water partition coefficient (Wildman–Crippen LogP) is 3.78. The van der Waals surface area contributed by atoms with E-state index in [1.165, 1.54) is 7.11 Å². The highest BCUT2D eigenvalue weighted by Gasteiger charge is 2.32. The first-order chi connectivity index (χ1) is 20.2. The van der Waals surface area contributed by atoms with Crippen molar-refractivity contribution in [3.8, 4) is 23.0 Å². The number of carbonyl (C=O) groups excluding carboxylic acids is 2. The molecule has 2 atom stereocenters. The van der Waals surface area contributed by atoms with Crippen molar-refractivity contribution in [1.82, 2.24) is 16.1 Å². The van der Waals surface area contributed by atoms with Crippen molar-refractivity contribution in [2.75, 3.05) is 33.5 Å². The van der Waals surface area contributed by atoms with Crippen LogP contribution in [0.5, 0.6) is 23.0 Å². The molecule has 0 bridgehead atoms. The Morgan fingerprint density at radius 3 is 2.57 bits per heavy atom. The molecule has 3 rings (SSSR count). The summed E-state index contributed by atoms with van der Waals surface area (Å²) in [5.41, 5.74) is 4.62. The van der Waals surface area contributed by atoms with Gasteiger partial charge in [-0.25, -0.2) is 9.59 Å². The van der Waals surface area contributed by atoms with Crippen LogP contribution in [-0.4, -0.2) is 63.1 Å². The van der Waals surface area contributed by atoms with Crippen LogP contribution in [0, 0.1) is 3.57 Å². The Morgan fingerprint density at radius 2 is 1.88 bits per heavy atom. The Bertz CT molecular complexity index is 1350. The van der Waals surface area contributed by atoms with Crippen LogP contribution in [0.2, 0.25) is 0 Å². The molecule has 13 heteroatoms. The van der Waals surface area contributed by atoms with E-state index in [9.17, 15) is 14.7 Å². The number of aliphatic hydroxyl groups excluding tert-OH is 1. The number of rotatable bonds is 15. The van der Waals surface area contributed by atoms with E-state index in [-0.39, 0.29) is 12.2 Å². The van der Waals surface area contributed by atoms with Gasteiger partial charge in [0.05, 0.1) is 41.7 Å². The molecule has 226 valence electrons. The van der Waals surface area contributed by atoms with Gasteiger partial charge in [0.1, 0.15) is 13.2 Å². The van der Waals surface area contributed by atoms with E-state index < -0.39 is 24.3 Å². The summed E-state index contributed by atoms with van der Waals surface area (Å²) in [5.74, 6) is 1.37. The van der Waals surface area contributed by atoms with Gasteiger partial charge in [0, 0.05) is 5.70 Å². The molecule has 1 aliphatic rings. The number of hydrazone groups is 1. The van der Waals surface area contributed by atoms with Gasteiger partial charge in [0.2, 0.25) is 0 Å². The molecule has 0 spiro atoms.